The number of anilines is 1. The van der Waals surface area contributed by atoms with Crippen LogP contribution in [0.3, 0.4) is 0 Å². The second-order valence-corrected chi connectivity index (χ2v) is 5.71. The number of nitrogens with zero attached hydrogens (tertiary/aromatic N) is 1. The largest absolute Gasteiger partial charge is 0.477 e. The molecule has 1 aliphatic carbocycles. The molecule has 3 unspecified atom stereocenters. The average Bonchev–Trinajstić information content (AvgIpc) is 3.29. The number of nitroso groups, excluding NO2 is 1. The highest BCUT2D eigenvalue weighted by atomic mass is 16.5. The molecule has 110 valence electrons. The predicted molar refractivity (Wildman–Crippen MR) is 81.5 cm³/mol. The molecule has 3 atom stereocenters. The van der Waals surface area contributed by atoms with Gasteiger partial charge >= 0.3 is 0 Å². The fraction of sp³-hybridized carbons (Fsp3) is 0.235. The van der Waals surface area contributed by atoms with E-state index in [1.807, 2.05) is 48.5 Å². The molecular formula is C17H14N2O3. The van der Waals surface area contributed by atoms with E-state index in [1.165, 1.54) is 0 Å². The maximum Gasteiger partial charge on any atom is 0.268 e. The molecule has 1 amide bonds. The summed E-state index contributed by atoms with van der Waals surface area (Å²) >= 11 is 0. The van der Waals surface area contributed by atoms with Crippen molar-refractivity contribution in [1.29, 1.82) is 0 Å². The van der Waals surface area contributed by atoms with Crippen molar-refractivity contribution in [3.63, 3.8) is 0 Å². The minimum atomic E-state index is -0.969. The van der Waals surface area contributed by atoms with Gasteiger partial charge in [0.05, 0.1) is 0 Å². The van der Waals surface area contributed by atoms with Crippen LogP contribution in [0.1, 0.15) is 18.0 Å². The minimum Gasteiger partial charge on any atom is -0.477 e. The number of nitrogens with one attached hydrogen (secondary N) is 1. The summed E-state index contributed by atoms with van der Waals surface area (Å²) in [6, 6.07) is 16.0. The van der Waals surface area contributed by atoms with Crippen molar-refractivity contribution in [3.8, 4) is 5.75 Å². The second-order valence-electron chi connectivity index (χ2n) is 5.71. The van der Waals surface area contributed by atoms with E-state index >= 15 is 0 Å². The molecule has 4 rings (SSSR count). The molecule has 0 saturated heterocycles. The van der Waals surface area contributed by atoms with Gasteiger partial charge < -0.3 is 10.1 Å². The van der Waals surface area contributed by atoms with E-state index in [2.05, 4.69) is 10.5 Å². The van der Waals surface area contributed by atoms with Crippen LogP contribution < -0.4 is 10.1 Å². The van der Waals surface area contributed by atoms with Gasteiger partial charge in [0, 0.05) is 23.6 Å². The summed E-state index contributed by atoms with van der Waals surface area (Å²) in [5, 5.41) is 6.10. The smallest absolute Gasteiger partial charge is 0.268 e. The molecule has 2 aromatic carbocycles. The number of fused-ring (bicyclic) bond motifs is 2. The van der Waals surface area contributed by atoms with E-state index in [-0.39, 0.29) is 11.8 Å². The number of para-hydroxylation sites is 2. The Labute approximate surface area is 127 Å². The molecule has 1 fully saturated rings. The van der Waals surface area contributed by atoms with Gasteiger partial charge in [0.15, 0.2) is 5.60 Å². The van der Waals surface area contributed by atoms with Crippen LogP contribution >= 0.6 is 0 Å². The lowest BCUT2D eigenvalue weighted by atomic mass is 9.96. The van der Waals surface area contributed by atoms with Crippen LogP contribution in [0, 0.1) is 10.8 Å². The summed E-state index contributed by atoms with van der Waals surface area (Å²) in [6.07, 6.45) is 0.511. The van der Waals surface area contributed by atoms with Crippen molar-refractivity contribution >= 4 is 11.6 Å². The zero-order valence-corrected chi connectivity index (χ0v) is 11.7. The van der Waals surface area contributed by atoms with Gasteiger partial charge in [-0.15, -0.1) is 0 Å². The molecule has 0 radical (unpaired) electrons. The Kier molecular flexibility index (Phi) is 2.76. The first-order valence-electron chi connectivity index (χ1n) is 7.21. The quantitative estimate of drug-likeness (QED) is 0.883. The Morgan fingerprint density at radius 3 is 2.64 bits per heavy atom. The number of ether oxygens (including phenoxy) is 1. The molecule has 2 aromatic rings. The molecule has 0 spiro atoms. The van der Waals surface area contributed by atoms with Gasteiger partial charge in [-0.2, -0.15) is 4.91 Å². The molecule has 22 heavy (non-hydrogen) atoms. The number of carbonyl (C=O) groups excluding carboxylic acids is 1. The molecular weight excluding hydrogens is 280 g/mol. The summed E-state index contributed by atoms with van der Waals surface area (Å²) in [7, 11) is 0. The Hall–Kier alpha value is -2.69. The zero-order valence-electron chi connectivity index (χ0n) is 11.7. The second kappa shape index (κ2) is 4.66. The van der Waals surface area contributed by atoms with Crippen molar-refractivity contribution < 1.29 is 9.53 Å². The Morgan fingerprint density at radius 1 is 1.14 bits per heavy atom. The molecule has 1 saturated carbocycles. The molecule has 5 heteroatoms. The highest BCUT2D eigenvalue weighted by molar-refractivity contribution is 6.00. The summed E-state index contributed by atoms with van der Waals surface area (Å²) in [4.78, 5) is 23.9. The van der Waals surface area contributed by atoms with Crippen molar-refractivity contribution in [2.24, 2.45) is 11.1 Å². The molecule has 1 aliphatic heterocycles. The Balaban J connectivity index is 1.64. The number of hydrogen-bond donors (Lipinski definition) is 1. The highest BCUT2D eigenvalue weighted by Crippen LogP contribution is 2.60. The van der Waals surface area contributed by atoms with E-state index in [0.717, 1.165) is 5.56 Å². The van der Waals surface area contributed by atoms with Crippen LogP contribution in [0.2, 0.25) is 0 Å². The lowest BCUT2D eigenvalue weighted by Crippen LogP contribution is -2.40. The first kappa shape index (κ1) is 13.0. The minimum absolute atomic E-state index is 0.191. The van der Waals surface area contributed by atoms with Crippen molar-refractivity contribution in [1.82, 2.24) is 0 Å². The van der Waals surface area contributed by atoms with Crippen LogP contribution in [0.4, 0.5) is 5.69 Å². The fourth-order valence-corrected chi connectivity index (χ4v) is 3.18. The number of amides is 1. The SMILES string of the molecule is O=NC1c2ccccc2OC2(C(=O)Nc3ccccc3)CC12. The van der Waals surface area contributed by atoms with Crippen LogP contribution in [0.5, 0.6) is 5.75 Å². The van der Waals surface area contributed by atoms with E-state index in [1.54, 1.807) is 6.07 Å². The number of rotatable bonds is 3. The lowest BCUT2D eigenvalue weighted by molar-refractivity contribution is -0.125. The topological polar surface area (TPSA) is 67.8 Å². The first-order chi connectivity index (χ1) is 10.7. The number of benzene rings is 2. The fourth-order valence-electron chi connectivity index (χ4n) is 3.18. The van der Waals surface area contributed by atoms with E-state index in [0.29, 0.717) is 17.9 Å². The molecule has 1 heterocycles. The van der Waals surface area contributed by atoms with Gasteiger partial charge in [-0.25, -0.2) is 0 Å². The number of carbonyl (C=O) groups is 1. The predicted octanol–water partition coefficient (Wildman–Crippen LogP) is 3.28. The molecule has 5 nitrogen and oxygen atoms in total. The summed E-state index contributed by atoms with van der Waals surface area (Å²) in [5.41, 5.74) is 0.511. The average molecular weight is 294 g/mol. The van der Waals surface area contributed by atoms with Gasteiger partial charge in [0.25, 0.3) is 5.91 Å². The molecule has 2 aliphatic rings. The van der Waals surface area contributed by atoms with Crippen molar-refractivity contribution in [2.75, 3.05) is 5.32 Å². The normalized spacial score (nSPS) is 27.8. The van der Waals surface area contributed by atoms with Crippen LogP contribution in [-0.2, 0) is 4.79 Å². The molecule has 0 bridgehead atoms. The third kappa shape index (κ3) is 1.82. The maximum atomic E-state index is 12.6. The first-order valence-corrected chi connectivity index (χ1v) is 7.21. The molecule has 1 N–H and O–H groups in total. The summed E-state index contributed by atoms with van der Waals surface area (Å²) in [5.74, 6) is 0.166. The van der Waals surface area contributed by atoms with Crippen LogP contribution in [0.25, 0.3) is 0 Å². The van der Waals surface area contributed by atoms with Gasteiger partial charge in [0.2, 0.25) is 0 Å². The van der Waals surface area contributed by atoms with Gasteiger partial charge in [-0.05, 0) is 18.2 Å². The monoisotopic (exact) mass is 294 g/mol. The third-order valence-corrected chi connectivity index (χ3v) is 4.40. The summed E-state index contributed by atoms with van der Waals surface area (Å²) < 4.78 is 5.95. The lowest BCUT2D eigenvalue weighted by Gasteiger charge is -2.27. The van der Waals surface area contributed by atoms with Crippen LogP contribution in [0.15, 0.2) is 59.8 Å². The van der Waals surface area contributed by atoms with Gasteiger partial charge in [-0.1, -0.05) is 41.6 Å². The van der Waals surface area contributed by atoms with E-state index in [4.69, 9.17) is 4.74 Å². The zero-order chi connectivity index (χ0) is 15.2. The number of hydrogen-bond acceptors (Lipinski definition) is 4. The van der Waals surface area contributed by atoms with Crippen molar-refractivity contribution in [3.05, 3.63) is 65.1 Å². The van der Waals surface area contributed by atoms with Gasteiger partial charge in [-0.3, -0.25) is 4.79 Å². The third-order valence-electron chi connectivity index (χ3n) is 4.40. The van der Waals surface area contributed by atoms with Crippen molar-refractivity contribution in [2.45, 2.75) is 18.1 Å². The summed E-state index contributed by atoms with van der Waals surface area (Å²) in [6.45, 7) is 0. The van der Waals surface area contributed by atoms with Crippen LogP contribution in [-0.4, -0.2) is 11.5 Å². The van der Waals surface area contributed by atoms with E-state index in [9.17, 15) is 9.70 Å². The standard InChI is InChI=1S/C17H14N2O3/c20-16(18-11-6-2-1-3-7-11)17-10-13(17)15(19-21)12-8-4-5-9-14(12)22-17/h1-9,13,15H,10H2,(H,18,20). The Morgan fingerprint density at radius 2 is 1.86 bits per heavy atom. The highest BCUT2D eigenvalue weighted by Gasteiger charge is 2.69. The maximum absolute atomic E-state index is 12.6. The van der Waals surface area contributed by atoms with E-state index < -0.39 is 11.6 Å². The molecule has 0 aromatic heterocycles. The van der Waals surface area contributed by atoms with Gasteiger partial charge in [0.1, 0.15) is 11.8 Å². The Bertz CT molecular complexity index is 747.